The highest BCUT2D eigenvalue weighted by molar-refractivity contribution is 9.10. The molecule has 98 valence electrons. The molecule has 0 bridgehead atoms. The maximum atomic E-state index is 6.51. The number of alkyl halides is 1. The molecule has 1 aliphatic rings. The Balaban J connectivity index is 1.91. The minimum Gasteiger partial charge on any atom is -0.486 e. The number of rotatable bonds is 2. The fourth-order valence-corrected chi connectivity index (χ4v) is 2.59. The van der Waals surface area contributed by atoms with Gasteiger partial charge >= 0.3 is 0 Å². The smallest absolute Gasteiger partial charge is 0.161 e. The average Bonchev–Trinajstić information content (AvgIpc) is 2.47. The maximum Gasteiger partial charge on any atom is 0.161 e. The maximum absolute atomic E-state index is 6.51. The van der Waals surface area contributed by atoms with Crippen molar-refractivity contribution in [3.05, 3.63) is 58.1 Å². The Bertz CT molecular complexity index is 583. The van der Waals surface area contributed by atoms with E-state index >= 15 is 0 Å². The summed E-state index contributed by atoms with van der Waals surface area (Å²) in [7, 11) is 0. The molecule has 0 radical (unpaired) electrons. The third-order valence-corrected chi connectivity index (χ3v) is 4.05. The third-order valence-electron chi connectivity index (χ3n) is 3.02. The van der Waals surface area contributed by atoms with Gasteiger partial charge in [-0.15, -0.1) is 11.6 Å². The summed E-state index contributed by atoms with van der Waals surface area (Å²) in [6.07, 6.45) is 0. The van der Waals surface area contributed by atoms with E-state index in [2.05, 4.69) is 15.9 Å². The second-order valence-corrected chi connectivity index (χ2v) is 5.67. The van der Waals surface area contributed by atoms with Crippen molar-refractivity contribution < 1.29 is 9.47 Å². The molecule has 1 aliphatic heterocycles. The van der Waals surface area contributed by atoms with Gasteiger partial charge in [0.1, 0.15) is 13.2 Å². The largest absolute Gasteiger partial charge is 0.486 e. The predicted octanol–water partition coefficient (Wildman–Crippen LogP) is 4.55. The second kappa shape index (κ2) is 5.43. The summed E-state index contributed by atoms with van der Waals surface area (Å²) < 4.78 is 12.1. The van der Waals surface area contributed by atoms with Crippen LogP contribution in [0.4, 0.5) is 0 Å². The molecule has 0 aliphatic carbocycles. The highest BCUT2D eigenvalue weighted by atomic mass is 79.9. The van der Waals surface area contributed by atoms with E-state index < -0.39 is 0 Å². The number of benzene rings is 2. The molecule has 1 heterocycles. The fraction of sp³-hybridized carbons (Fsp3) is 0.200. The van der Waals surface area contributed by atoms with E-state index in [9.17, 15) is 0 Å². The molecule has 0 amide bonds. The zero-order valence-electron chi connectivity index (χ0n) is 10.1. The Morgan fingerprint density at radius 1 is 0.895 bits per heavy atom. The Morgan fingerprint density at radius 3 is 2.26 bits per heavy atom. The molecule has 1 atom stereocenters. The summed E-state index contributed by atoms with van der Waals surface area (Å²) in [5.74, 6) is 1.56. The van der Waals surface area contributed by atoms with Gasteiger partial charge < -0.3 is 9.47 Å². The minimum atomic E-state index is -0.191. The van der Waals surface area contributed by atoms with Crippen molar-refractivity contribution in [1.82, 2.24) is 0 Å². The molecule has 2 aromatic rings. The molecule has 0 saturated carbocycles. The standard InChI is InChI=1S/C15H12BrClO2/c16-12-4-1-10(2-5-12)15(17)11-3-6-13-14(9-11)19-8-7-18-13/h1-6,9,15H,7-8H2. The molecule has 0 N–H and O–H groups in total. The van der Waals surface area contributed by atoms with E-state index in [1.165, 1.54) is 0 Å². The third kappa shape index (κ3) is 2.72. The molecular formula is C15H12BrClO2. The SMILES string of the molecule is ClC(c1ccc(Br)cc1)c1ccc2c(c1)OCCO2. The van der Waals surface area contributed by atoms with Crippen molar-refractivity contribution in [2.24, 2.45) is 0 Å². The van der Waals surface area contributed by atoms with Gasteiger partial charge in [0.15, 0.2) is 11.5 Å². The van der Waals surface area contributed by atoms with Crippen LogP contribution in [0.25, 0.3) is 0 Å². The van der Waals surface area contributed by atoms with Crippen LogP contribution in [0.2, 0.25) is 0 Å². The molecule has 19 heavy (non-hydrogen) atoms. The number of hydrogen-bond donors (Lipinski definition) is 0. The molecule has 0 saturated heterocycles. The Kier molecular flexibility index (Phi) is 3.67. The van der Waals surface area contributed by atoms with Crippen LogP contribution >= 0.6 is 27.5 Å². The van der Waals surface area contributed by atoms with E-state index in [0.717, 1.165) is 27.1 Å². The van der Waals surface area contributed by atoms with Crippen LogP contribution in [0.15, 0.2) is 46.9 Å². The first-order valence-corrected chi connectivity index (χ1v) is 7.26. The predicted molar refractivity (Wildman–Crippen MR) is 79.3 cm³/mol. The number of fused-ring (bicyclic) bond motifs is 1. The number of ether oxygens (including phenoxy) is 2. The first-order chi connectivity index (χ1) is 9.24. The van der Waals surface area contributed by atoms with Crippen LogP contribution in [-0.2, 0) is 0 Å². The van der Waals surface area contributed by atoms with Gasteiger partial charge in [0.25, 0.3) is 0 Å². The van der Waals surface area contributed by atoms with E-state index in [1.807, 2.05) is 42.5 Å². The number of hydrogen-bond acceptors (Lipinski definition) is 2. The second-order valence-electron chi connectivity index (χ2n) is 4.32. The molecule has 0 spiro atoms. The number of halogens is 2. The highest BCUT2D eigenvalue weighted by Crippen LogP contribution is 2.36. The van der Waals surface area contributed by atoms with Gasteiger partial charge in [-0.25, -0.2) is 0 Å². The summed E-state index contributed by atoms with van der Waals surface area (Å²) >= 11 is 9.94. The van der Waals surface area contributed by atoms with Crippen molar-refractivity contribution in [1.29, 1.82) is 0 Å². The Labute approximate surface area is 125 Å². The lowest BCUT2D eigenvalue weighted by molar-refractivity contribution is 0.171. The van der Waals surface area contributed by atoms with Gasteiger partial charge in [0, 0.05) is 4.47 Å². The van der Waals surface area contributed by atoms with Gasteiger partial charge in [-0.2, -0.15) is 0 Å². The van der Waals surface area contributed by atoms with Crippen molar-refractivity contribution in [3.63, 3.8) is 0 Å². The van der Waals surface area contributed by atoms with Gasteiger partial charge in [-0.1, -0.05) is 34.1 Å². The zero-order valence-corrected chi connectivity index (χ0v) is 12.4. The lowest BCUT2D eigenvalue weighted by Gasteiger charge is -2.20. The Morgan fingerprint density at radius 2 is 1.53 bits per heavy atom. The molecule has 2 nitrogen and oxygen atoms in total. The monoisotopic (exact) mass is 338 g/mol. The van der Waals surface area contributed by atoms with E-state index in [1.54, 1.807) is 0 Å². The van der Waals surface area contributed by atoms with Crippen molar-refractivity contribution >= 4 is 27.5 Å². The summed E-state index contributed by atoms with van der Waals surface area (Å²) in [5.41, 5.74) is 2.06. The highest BCUT2D eigenvalue weighted by Gasteiger charge is 2.16. The van der Waals surface area contributed by atoms with Gasteiger partial charge in [0.05, 0.1) is 5.38 Å². The minimum absolute atomic E-state index is 0.191. The van der Waals surface area contributed by atoms with Crippen LogP contribution in [0.3, 0.4) is 0 Å². The van der Waals surface area contributed by atoms with E-state index in [-0.39, 0.29) is 5.38 Å². The first-order valence-electron chi connectivity index (χ1n) is 6.03. The summed E-state index contributed by atoms with van der Waals surface area (Å²) in [4.78, 5) is 0. The molecular weight excluding hydrogens is 328 g/mol. The first kappa shape index (κ1) is 12.8. The Hall–Kier alpha value is -1.19. The molecule has 0 aromatic heterocycles. The molecule has 2 aromatic carbocycles. The van der Waals surface area contributed by atoms with Gasteiger partial charge in [-0.05, 0) is 35.4 Å². The van der Waals surface area contributed by atoms with Crippen LogP contribution in [-0.4, -0.2) is 13.2 Å². The summed E-state index contributed by atoms with van der Waals surface area (Å²) in [6.45, 7) is 1.19. The lowest BCUT2D eigenvalue weighted by Crippen LogP contribution is -2.15. The summed E-state index contributed by atoms with van der Waals surface area (Å²) in [6, 6.07) is 13.8. The molecule has 4 heteroatoms. The summed E-state index contributed by atoms with van der Waals surface area (Å²) in [5, 5.41) is -0.191. The lowest BCUT2D eigenvalue weighted by atomic mass is 10.0. The fourth-order valence-electron chi connectivity index (χ4n) is 2.04. The topological polar surface area (TPSA) is 18.5 Å². The van der Waals surface area contributed by atoms with Gasteiger partial charge in [-0.3, -0.25) is 0 Å². The van der Waals surface area contributed by atoms with Crippen molar-refractivity contribution in [2.75, 3.05) is 13.2 Å². The van der Waals surface area contributed by atoms with Crippen LogP contribution in [0, 0.1) is 0 Å². The molecule has 0 fully saturated rings. The van der Waals surface area contributed by atoms with Gasteiger partial charge in [0.2, 0.25) is 0 Å². The molecule has 1 unspecified atom stereocenters. The van der Waals surface area contributed by atoms with E-state index in [4.69, 9.17) is 21.1 Å². The van der Waals surface area contributed by atoms with Crippen molar-refractivity contribution in [3.8, 4) is 11.5 Å². The van der Waals surface area contributed by atoms with Crippen LogP contribution in [0.1, 0.15) is 16.5 Å². The zero-order chi connectivity index (χ0) is 13.2. The van der Waals surface area contributed by atoms with Crippen molar-refractivity contribution in [2.45, 2.75) is 5.38 Å². The van der Waals surface area contributed by atoms with Crippen LogP contribution < -0.4 is 9.47 Å². The average molecular weight is 340 g/mol. The molecule has 3 rings (SSSR count). The van der Waals surface area contributed by atoms with E-state index in [0.29, 0.717) is 13.2 Å². The quantitative estimate of drug-likeness (QED) is 0.747. The van der Waals surface area contributed by atoms with Crippen LogP contribution in [0.5, 0.6) is 11.5 Å². The normalized spacial score (nSPS) is 15.1.